The second-order valence-electron chi connectivity index (χ2n) is 6.11. The van der Waals surface area contributed by atoms with Crippen molar-refractivity contribution >= 4 is 10.8 Å². The van der Waals surface area contributed by atoms with E-state index in [9.17, 15) is 0 Å². The van der Waals surface area contributed by atoms with Crippen LogP contribution in [0.3, 0.4) is 0 Å². The monoisotopic (exact) mass is 285 g/mol. The number of fused-ring (bicyclic) bond motifs is 1. The normalized spacial score (nSPS) is 12.8. The van der Waals surface area contributed by atoms with Crippen molar-refractivity contribution < 1.29 is 4.74 Å². The Hall–Kier alpha value is -1.54. The van der Waals surface area contributed by atoms with Gasteiger partial charge in [-0.05, 0) is 59.8 Å². The lowest BCUT2D eigenvalue weighted by atomic mass is 9.95. The molecule has 21 heavy (non-hydrogen) atoms. The van der Waals surface area contributed by atoms with Crippen molar-refractivity contribution in [3.8, 4) is 5.75 Å². The Kier molecular flexibility index (Phi) is 5.63. The molecule has 2 heteroatoms. The van der Waals surface area contributed by atoms with Crippen LogP contribution in [0.25, 0.3) is 10.8 Å². The molecule has 2 aromatic carbocycles. The van der Waals surface area contributed by atoms with E-state index in [1.54, 1.807) is 7.11 Å². The highest BCUT2D eigenvalue weighted by molar-refractivity contribution is 5.84. The second kappa shape index (κ2) is 7.46. The van der Waals surface area contributed by atoms with Gasteiger partial charge in [-0.2, -0.15) is 0 Å². The molecule has 2 nitrogen and oxygen atoms in total. The Labute approximate surface area is 128 Å². The van der Waals surface area contributed by atoms with E-state index >= 15 is 0 Å². The summed E-state index contributed by atoms with van der Waals surface area (Å²) in [6.45, 7) is 7.85. The summed E-state index contributed by atoms with van der Waals surface area (Å²) in [5.74, 6) is 1.60. The van der Waals surface area contributed by atoms with Crippen LogP contribution >= 0.6 is 0 Å². The third kappa shape index (κ3) is 4.21. The van der Waals surface area contributed by atoms with E-state index in [4.69, 9.17) is 4.74 Å². The number of nitrogens with one attached hydrogen (secondary N) is 1. The van der Waals surface area contributed by atoms with Crippen molar-refractivity contribution in [2.24, 2.45) is 5.92 Å². The van der Waals surface area contributed by atoms with Crippen LogP contribution < -0.4 is 10.1 Å². The van der Waals surface area contributed by atoms with Gasteiger partial charge in [-0.3, -0.25) is 0 Å². The predicted octanol–water partition coefficient (Wildman–Crippen LogP) is 4.94. The molecule has 1 N–H and O–H groups in total. The number of rotatable bonds is 7. The summed E-state index contributed by atoms with van der Waals surface area (Å²) in [6, 6.07) is 13.5. The van der Waals surface area contributed by atoms with Crippen LogP contribution in [0.2, 0.25) is 0 Å². The van der Waals surface area contributed by atoms with Gasteiger partial charge in [0.05, 0.1) is 7.11 Å². The summed E-state index contributed by atoms with van der Waals surface area (Å²) in [7, 11) is 1.71. The van der Waals surface area contributed by atoms with E-state index in [1.165, 1.54) is 29.2 Å². The van der Waals surface area contributed by atoms with Crippen LogP contribution in [-0.2, 0) is 0 Å². The molecule has 0 heterocycles. The van der Waals surface area contributed by atoms with Gasteiger partial charge >= 0.3 is 0 Å². The molecule has 0 aliphatic carbocycles. The fraction of sp³-hybridized carbons (Fsp3) is 0.474. The van der Waals surface area contributed by atoms with Gasteiger partial charge in [0.2, 0.25) is 0 Å². The first-order chi connectivity index (χ1) is 10.1. The summed E-state index contributed by atoms with van der Waals surface area (Å²) in [5.41, 5.74) is 1.38. The number of ether oxygens (including phenoxy) is 1. The van der Waals surface area contributed by atoms with Crippen LogP contribution in [0.4, 0.5) is 0 Å². The second-order valence-corrected chi connectivity index (χ2v) is 6.11. The molecule has 0 bridgehead atoms. The first-order valence-corrected chi connectivity index (χ1v) is 7.95. The Morgan fingerprint density at radius 3 is 2.43 bits per heavy atom. The van der Waals surface area contributed by atoms with E-state index in [1.807, 2.05) is 6.07 Å². The maximum absolute atomic E-state index is 5.29. The fourth-order valence-electron chi connectivity index (χ4n) is 2.71. The molecular weight excluding hydrogens is 258 g/mol. The molecule has 0 aliphatic heterocycles. The highest BCUT2D eigenvalue weighted by Gasteiger charge is 2.13. The smallest absolute Gasteiger partial charge is 0.119 e. The van der Waals surface area contributed by atoms with Gasteiger partial charge in [0, 0.05) is 6.04 Å². The summed E-state index contributed by atoms with van der Waals surface area (Å²) < 4.78 is 5.29. The van der Waals surface area contributed by atoms with E-state index in [0.29, 0.717) is 12.0 Å². The molecule has 0 saturated heterocycles. The lowest BCUT2D eigenvalue weighted by molar-refractivity contribution is 0.415. The van der Waals surface area contributed by atoms with Crippen LogP contribution in [0, 0.1) is 5.92 Å². The van der Waals surface area contributed by atoms with Gasteiger partial charge in [-0.1, -0.05) is 39.0 Å². The Morgan fingerprint density at radius 2 is 1.76 bits per heavy atom. The average molecular weight is 285 g/mol. The minimum absolute atomic E-state index is 0.441. The predicted molar refractivity (Wildman–Crippen MR) is 91.0 cm³/mol. The van der Waals surface area contributed by atoms with Gasteiger partial charge in [0.1, 0.15) is 5.75 Å². The van der Waals surface area contributed by atoms with Crippen molar-refractivity contribution in [1.82, 2.24) is 5.32 Å². The van der Waals surface area contributed by atoms with Crippen LogP contribution in [-0.4, -0.2) is 13.7 Å². The molecule has 2 aromatic rings. The fourth-order valence-corrected chi connectivity index (χ4v) is 2.71. The van der Waals surface area contributed by atoms with Gasteiger partial charge in [0.25, 0.3) is 0 Å². The molecule has 0 saturated carbocycles. The third-order valence-electron chi connectivity index (χ3n) is 3.82. The maximum atomic E-state index is 5.29. The summed E-state index contributed by atoms with van der Waals surface area (Å²) in [6.07, 6.45) is 2.33. The zero-order valence-electron chi connectivity index (χ0n) is 13.6. The minimum Gasteiger partial charge on any atom is -0.497 e. The SMILES string of the molecule is CCCNC(CC(C)C)c1ccc2cc(OC)ccc2c1. The topological polar surface area (TPSA) is 21.3 Å². The van der Waals surface area contributed by atoms with E-state index in [-0.39, 0.29) is 0 Å². The lowest BCUT2D eigenvalue weighted by Gasteiger charge is -2.21. The van der Waals surface area contributed by atoms with Gasteiger partial charge < -0.3 is 10.1 Å². The van der Waals surface area contributed by atoms with E-state index in [2.05, 4.69) is 56.4 Å². The Balaban J connectivity index is 2.29. The van der Waals surface area contributed by atoms with Crippen molar-refractivity contribution in [3.63, 3.8) is 0 Å². The lowest BCUT2D eigenvalue weighted by Crippen LogP contribution is -2.23. The number of hydrogen-bond acceptors (Lipinski definition) is 2. The van der Waals surface area contributed by atoms with Crippen LogP contribution in [0.1, 0.15) is 45.2 Å². The highest BCUT2D eigenvalue weighted by atomic mass is 16.5. The average Bonchev–Trinajstić information content (AvgIpc) is 2.50. The standard InChI is InChI=1S/C19H27NO/c1-5-10-20-19(11-14(2)3)17-7-6-16-13-18(21-4)9-8-15(16)12-17/h6-9,12-14,19-20H,5,10-11H2,1-4H3. The summed E-state index contributed by atoms with van der Waals surface area (Å²) in [5, 5.41) is 6.19. The molecular formula is C19H27NO. The summed E-state index contributed by atoms with van der Waals surface area (Å²) in [4.78, 5) is 0. The Morgan fingerprint density at radius 1 is 1.05 bits per heavy atom. The van der Waals surface area contributed by atoms with Crippen LogP contribution in [0.15, 0.2) is 36.4 Å². The largest absolute Gasteiger partial charge is 0.497 e. The first kappa shape index (κ1) is 15.8. The molecule has 0 radical (unpaired) electrons. The molecule has 0 aromatic heterocycles. The molecule has 1 unspecified atom stereocenters. The Bertz CT molecular complexity index is 577. The van der Waals surface area contributed by atoms with Gasteiger partial charge in [-0.25, -0.2) is 0 Å². The maximum Gasteiger partial charge on any atom is 0.119 e. The van der Waals surface area contributed by atoms with Crippen molar-refractivity contribution in [1.29, 1.82) is 0 Å². The zero-order valence-corrected chi connectivity index (χ0v) is 13.6. The molecule has 2 rings (SSSR count). The highest BCUT2D eigenvalue weighted by Crippen LogP contribution is 2.27. The van der Waals surface area contributed by atoms with Crippen molar-refractivity contribution in [3.05, 3.63) is 42.0 Å². The molecule has 0 aliphatic rings. The van der Waals surface area contributed by atoms with Crippen molar-refractivity contribution in [2.45, 2.75) is 39.7 Å². The number of benzene rings is 2. The minimum atomic E-state index is 0.441. The molecule has 1 atom stereocenters. The molecule has 0 spiro atoms. The third-order valence-corrected chi connectivity index (χ3v) is 3.82. The zero-order chi connectivity index (χ0) is 15.2. The van der Waals surface area contributed by atoms with E-state index in [0.717, 1.165) is 12.3 Å². The van der Waals surface area contributed by atoms with Crippen LogP contribution in [0.5, 0.6) is 5.75 Å². The van der Waals surface area contributed by atoms with Crippen molar-refractivity contribution in [2.75, 3.05) is 13.7 Å². The number of methoxy groups -OCH3 is 1. The van der Waals surface area contributed by atoms with Gasteiger partial charge in [-0.15, -0.1) is 0 Å². The number of hydrogen-bond donors (Lipinski definition) is 1. The quantitative estimate of drug-likeness (QED) is 0.778. The summed E-state index contributed by atoms with van der Waals surface area (Å²) >= 11 is 0. The molecule has 0 fully saturated rings. The van der Waals surface area contributed by atoms with E-state index < -0.39 is 0 Å². The van der Waals surface area contributed by atoms with Gasteiger partial charge in [0.15, 0.2) is 0 Å². The first-order valence-electron chi connectivity index (χ1n) is 7.95. The molecule has 114 valence electrons. The molecule has 0 amide bonds.